The predicted molar refractivity (Wildman–Crippen MR) is 99.2 cm³/mol. The molecular weight excluding hydrogens is 389 g/mol. The Morgan fingerprint density at radius 3 is 2.45 bits per heavy atom. The number of aromatic nitrogens is 2. The van der Waals surface area contributed by atoms with Crippen LogP contribution in [0.5, 0.6) is 0 Å². The molecule has 2 aromatic rings. The highest BCUT2D eigenvalue weighted by molar-refractivity contribution is 6.05. The van der Waals surface area contributed by atoms with Gasteiger partial charge in [-0.15, -0.1) is 0 Å². The molecule has 1 fully saturated rings. The van der Waals surface area contributed by atoms with Crippen LogP contribution in [0.3, 0.4) is 0 Å². The van der Waals surface area contributed by atoms with E-state index in [0.717, 1.165) is 4.57 Å². The number of benzene rings is 1. The molecule has 0 unspecified atom stereocenters. The summed E-state index contributed by atoms with van der Waals surface area (Å²) in [6, 6.07) is 6.95. The lowest BCUT2D eigenvalue weighted by Gasteiger charge is -2.38. The molecule has 1 amide bonds. The van der Waals surface area contributed by atoms with Crippen LogP contribution in [0, 0.1) is 0 Å². The quantitative estimate of drug-likeness (QED) is 0.761. The van der Waals surface area contributed by atoms with E-state index >= 15 is 0 Å². The van der Waals surface area contributed by atoms with Crippen molar-refractivity contribution in [3.63, 3.8) is 0 Å². The van der Waals surface area contributed by atoms with Gasteiger partial charge in [-0.25, -0.2) is 0 Å². The Morgan fingerprint density at radius 2 is 1.79 bits per heavy atom. The van der Waals surface area contributed by atoms with Crippen molar-refractivity contribution in [3.05, 3.63) is 52.3 Å². The predicted octanol–water partition coefficient (Wildman–Crippen LogP) is 2.06. The molecule has 0 radical (unpaired) electrons. The summed E-state index contributed by atoms with van der Waals surface area (Å²) in [6.45, 7) is 1.62. The molecule has 4 rings (SSSR count). The molecule has 2 aliphatic heterocycles. The average molecular weight is 408 g/mol. The van der Waals surface area contributed by atoms with Crippen LogP contribution in [0.4, 0.5) is 24.9 Å². The molecule has 1 saturated heterocycles. The summed E-state index contributed by atoms with van der Waals surface area (Å²) >= 11 is 0. The van der Waals surface area contributed by atoms with Crippen LogP contribution in [0.15, 0.2) is 41.2 Å². The van der Waals surface area contributed by atoms with Crippen molar-refractivity contribution in [1.29, 1.82) is 0 Å². The summed E-state index contributed by atoms with van der Waals surface area (Å²) in [5.41, 5.74) is -0.385. The zero-order valence-electron chi connectivity index (χ0n) is 15.4. The zero-order chi connectivity index (χ0) is 20.6. The third-order valence-corrected chi connectivity index (χ3v) is 5.08. The van der Waals surface area contributed by atoms with Gasteiger partial charge in [0.1, 0.15) is 11.9 Å². The number of anilines is 2. The molecule has 0 bridgehead atoms. The lowest BCUT2D eigenvalue weighted by atomic mass is 10.1. The summed E-state index contributed by atoms with van der Waals surface area (Å²) in [6.07, 6.45) is -5.06. The smallest absolute Gasteiger partial charge is 0.378 e. The molecule has 0 spiro atoms. The number of nitrogens with zero attached hydrogens (tertiary/aromatic N) is 4. The summed E-state index contributed by atoms with van der Waals surface area (Å²) in [5.74, 6) is -0.868. The van der Waals surface area contributed by atoms with Gasteiger partial charge < -0.3 is 9.64 Å². The molecule has 1 aromatic carbocycles. The number of alkyl halides is 3. The van der Waals surface area contributed by atoms with E-state index in [2.05, 4.69) is 4.98 Å². The summed E-state index contributed by atoms with van der Waals surface area (Å²) in [7, 11) is 0. The van der Waals surface area contributed by atoms with Gasteiger partial charge in [0.2, 0.25) is 5.95 Å². The van der Waals surface area contributed by atoms with E-state index in [-0.39, 0.29) is 23.9 Å². The lowest BCUT2D eigenvalue weighted by Crippen LogP contribution is -2.55. The normalized spacial score (nSPS) is 19.8. The topological polar surface area (TPSA) is 67.7 Å². The second-order valence-electron chi connectivity index (χ2n) is 6.89. The highest BCUT2D eigenvalue weighted by Crippen LogP contribution is 2.35. The zero-order valence-corrected chi connectivity index (χ0v) is 15.4. The SMILES string of the molecule is O=C(c1ccccc1)N1c2nc(N3CCOCC3)cc(=O)n2CC[C@H]1C(F)(F)F. The monoisotopic (exact) mass is 408 g/mol. The molecule has 0 aliphatic carbocycles. The van der Waals surface area contributed by atoms with E-state index in [0.29, 0.717) is 31.2 Å². The average Bonchev–Trinajstić information content (AvgIpc) is 2.73. The van der Waals surface area contributed by atoms with Crippen molar-refractivity contribution in [2.24, 2.45) is 0 Å². The van der Waals surface area contributed by atoms with Crippen molar-refractivity contribution >= 4 is 17.7 Å². The Balaban J connectivity index is 1.83. The van der Waals surface area contributed by atoms with Crippen LogP contribution >= 0.6 is 0 Å². The first-order chi connectivity index (χ1) is 13.9. The lowest BCUT2D eigenvalue weighted by molar-refractivity contribution is -0.151. The van der Waals surface area contributed by atoms with E-state index < -0.39 is 30.1 Å². The number of halogens is 3. The molecule has 3 heterocycles. The fourth-order valence-corrected chi connectivity index (χ4v) is 3.61. The first-order valence-electron chi connectivity index (χ1n) is 9.26. The number of carbonyl (C=O) groups is 1. The molecule has 29 heavy (non-hydrogen) atoms. The van der Waals surface area contributed by atoms with E-state index in [1.807, 2.05) is 0 Å². The van der Waals surface area contributed by atoms with Gasteiger partial charge in [0, 0.05) is 31.3 Å². The number of morpholine rings is 1. The van der Waals surface area contributed by atoms with Crippen molar-refractivity contribution in [1.82, 2.24) is 9.55 Å². The second kappa shape index (κ2) is 7.51. The van der Waals surface area contributed by atoms with Crippen LogP contribution in [0.1, 0.15) is 16.8 Å². The summed E-state index contributed by atoms with van der Waals surface area (Å²) < 4.78 is 47.8. The first-order valence-corrected chi connectivity index (χ1v) is 9.26. The van der Waals surface area contributed by atoms with Gasteiger partial charge in [-0.3, -0.25) is 19.1 Å². The van der Waals surface area contributed by atoms with Gasteiger partial charge >= 0.3 is 6.18 Å². The molecule has 0 N–H and O–H groups in total. The van der Waals surface area contributed by atoms with Crippen molar-refractivity contribution in [2.75, 3.05) is 36.1 Å². The molecule has 1 atom stereocenters. The number of hydrogen-bond donors (Lipinski definition) is 0. The first kappa shape index (κ1) is 19.4. The minimum absolute atomic E-state index is 0.0984. The molecule has 10 heteroatoms. The van der Waals surface area contributed by atoms with E-state index in [1.165, 1.54) is 18.2 Å². The minimum atomic E-state index is -4.65. The second-order valence-corrected chi connectivity index (χ2v) is 6.89. The standard InChI is InChI=1S/C19H19F3N4O3/c20-19(21,22)14-6-7-25-16(27)12-15(24-8-10-29-11-9-24)23-18(25)26(14)17(28)13-4-2-1-3-5-13/h1-5,12,14H,6-11H2/t14-/m0/s1. The van der Waals surface area contributed by atoms with Gasteiger partial charge in [-0.1, -0.05) is 18.2 Å². The Hall–Kier alpha value is -2.88. The van der Waals surface area contributed by atoms with Crippen LogP contribution in [0.2, 0.25) is 0 Å². The maximum absolute atomic E-state index is 13.8. The fourth-order valence-electron chi connectivity index (χ4n) is 3.61. The molecule has 2 aliphatic rings. The summed E-state index contributed by atoms with van der Waals surface area (Å²) in [4.78, 5) is 32.4. The van der Waals surface area contributed by atoms with Crippen LogP contribution in [-0.2, 0) is 11.3 Å². The van der Waals surface area contributed by atoms with E-state index in [1.54, 1.807) is 23.1 Å². The number of fused-ring (bicyclic) bond motifs is 1. The highest BCUT2D eigenvalue weighted by Gasteiger charge is 2.49. The minimum Gasteiger partial charge on any atom is -0.378 e. The third-order valence-electron chi connectivity index (χ3n) is 5.08. The van der Waals surface area contributed by atoms with E-state index in [4.69, 9.17) is 4.74 Å². The molecule has 1 aromatic heterocycles. The maximum atomic E-state index is 13.8. The number of hydrogen-bond acceptors (Lipinski definition) is 5. The molecule has 0 saturated carbocycles. The molecule has 154 valence electrons. The largest absolute Gasteiger partial charge is 0.409 e. The summed E-state index contributed by atoms with van der Waals surface area (Å²) in [5, 5.41) is 0. The highest BCUT2D eigenvalue weighted by atomic mass is 19.4. The maximum Gasteiger partial charge on any atom is 0.409 e. The number of carbonyl (C=O) groups excluding carboxylic acids is 1. The number of ether oxygens (including phenoxy) is 1. The van der Waals surface area contributed by atoms with Crippen LogP contribution in [0.25, 0.3) is 0 Å². The number of rotatable bonds is 2. The molecular formula is C19H19F3N4O3. The molecule has 7 nitrogen and oxygen atoms in total. The Bertz CT molecular complexity index is 955. The van der Waals surface area contributed by atoms with Gasteiger partial charge in [0.05, 0.1) is 13.2 Å². The Morgan fingerprint density at radius 1 is 1.10 bits per heavy atom. The third kappa shape index (κ3) is 3.71. The Labute approximate surface area is 164 Å². The van der Waals surface area contributed by atoms with Crippen molar-refractivity contribution in [3.8, 4) is 0 Å². The van der Waals surface area contributed by atoms with E-state index in [9.17, 15) is 22.8 Å². The van der Waals surface area contributed by atoms with Gasteiger partial charge in [-0.2, -0.15) is 18.2 Å². The number of amides is 1. The van der Waals surface area contributed by atoms with Gasteiger partial charge in [0.15, 0.2) is 0 Å². The van der Waals surface area contributed by atoms with Gasteiger partial charge in [-0.05, 0) is 18.6 Å². The Kier molecular flexibility index (Phi) is 5.03. The van der Waals surface area contributed by atoms with Gasteiger partial charge in [0.25, 0.3) is 11.5 Å². The fraction of sp³-hybridized carbons (Fsp3) is 0.421. The van der Waals surface area contributed by atoms with Crippen LogP contribution in [-0.4, -0.2) is 54.0 Å². The van der Waals surface area contributed by atoms with Crippen molar-refractivity contribution < 1.29 is 22.7 Å². The van der Waals surface area contributed by atoms with Crippen LogP contribution < -0.4 is 15.4 Å². The van der Waals surface area contributed by atoms with Crippen molar-refractivity contribution in [2.45, 2.75) is 25.2 Å².